The van der Waals surface area contributed by atoms with Crippen LogP contribution in [0, 0.1) is 11.3 Å². The number of nitriles is 1. The van der Waals surface area contributed by atoms with Gasteiger partial charge in [0.15, 0.2) is 0 Å². The first-order valence-corrected chi connectivity index (χ1v) is 7.12. The zero-order valence-corrected chi connectivity index (χ0v) is 13.0. The van der Waals surface area contributed by atoms with E-state index in [0.717, 1.165) is 29.9 Å². The fourth-order valence-corrected chi connectivity index (χ4v) is 2.55. The molecule has 3 heteroatoms. The first kappa shape index (κ1) is 14.6. The van der Waals surface area contributed by atoms with Crippen molar-refractivity contribution in [3.05, 3.63) is 35.0 Å². The van der Waals surface area contributed by atoms with Gasteiger partial charge in [-0.1, -0.05) is 39.8 Å². The number of hydrogen-bond acceptors (Lipinski definition) is 2. The van der Waals surface area contributed by atoms with Gasteiger partial charge < -0.3 is 9.88 Å². The molecule has 0 unspecified atom stereocenters. The standard InChI is InChI=1S/C17H23N3/c1-6-19-11-14-13-8-7-12(17(2,3)4)9-15(13)20(5)16(14)10-18/h7-9,19H,6,11H2,1-5H3. The fourth-order valence-electron chi connectivity index (χ4n) is 2.55. The van der Waals surface area contributed by atoms with E-state index in [1.165, 1.54) is 10.9 Å². The number of nitrogens with one attached hydrogen (secondary N) is 1. The molecule has 1 aromatic carbocycles. The molecule has 20 heavy (non-hydrogen) atoms. The Morgan fingerprint density at radius 2 is 2.00 bits per heavy atom. The molecule has 0 radical (unpaired) electrons. The minimum absolute atomic E-state index is 0.118. The molecule has 106 valence electrons. The van der Waals surface area contributed by atoms with Crippen LogP contribution in [0.3, 0.4) is 0 Å². The Morgan fingerprint density at radius 1 is 1.30 bits per heavy atom. The van der Waals surface area contributed by atoms with Crippen LogP contribution in [0.1, 0.15) is 44.5 Å². The first-order chi connectivity index (χ1) is 9.40. The smallest absolute Gasteiger partial charge is 0.125 e. The highest BCUT2D eigenvalue weighted by molar-refractivity contribution is 5.87. The Kier molecular flexibility index (Phi) is 3.87. The lowest BCUT2D eigenvalue weighted by Gasteiger charge is -2.19. The van der Waals surface area contributed by atoms with Crippen molar-refractivity contribution in [2.75, 3.05) is 6.54 Å². The molecule has 1 aromatic heterocycles. The largest absolute Gasteiger partial charge is 0.335 e. The molecule has 0 aliphatic carbocycles. The molecule has 0 saturated heterocycles. The van der Waals surface area contributed by atoms with Crippen LogP contribution in [0.25, 0.3) is 10.9 Å². The minimum atomic E-state index is 0.118. The maximum absolute atomic E-state index is 9.43. The van der Waals surface area contributed by atoms with E-state index >= 15 is 0 Å². The Hall–Kier alpha value is -1.79. The first-order valence-electron chi connectivity index (χ1n) is 7.12. The third-order valence-electron chi connectivity index (χ3n) is 3.83. The monoisotopic (exact) mass is 269 g/mol. The highest BCUT2D eigenvalue weighted by Crippen LogP contribution is 2.30. The van der Waals surface area contributed by atoms with Gasteiger partial charge in [-0.25, -0.2) is 0 Å². The summed E-state index contributed by atoms with van der Waals surface area (Å²) in [5.74, 6) is 0. The number of nitrogens with zero attached hydrogens (tertiary/aromatic N) is 2. The lowest BCUT2D eigenvalue weighted by Crippen LogP contribution is -2.12. The van der Waals surface area contributed by atoms with Gasteiger partial charge in [-0.3, -0.25) is 0 Å². The van der Waals surface area contributed by atoms with Gasteiger partial charge in [0.05, 0.1) is 0 Å². The molecule has 0 aliphatic heterocycles. The summed E-state index contributed by atoms with van der Waals surface area (Å²) >= 11 is 0. The number of fused-ring (bicyclic) bond motifs is 1. The fraction of sp³-hybridized carbons (Fsp3) is 0.471. The van der Waals surface area contributed by atoms with Crippen LogP contribution in [0.15, 0.2) is 18.2 Å². The number of hydrogen-bond donors (Lipinski definition) is 1. The Bertz CT molecular complexity index is 666. The Morgan fingerprint density at radius 3 is 2.55 bits per heavy atom. The zero-order chi connectivity index (χ0) is 14.9. The van der Waals surface area contributed by atoms with E-state index < -0.39 is 0 Å². The van der Waals surface area contributed by atoms with Crippen molar-refractivity contribution in [3.63, 3.8) is 0 Å². The summed E-state index contributed by atoms with van der Waals surface area (Å²) in [5, 5.41) is 13.9. The molecule has 0 fully saturated rings. The van der Waals surface area contributed by atoms with Crippen molar-refractivity contribution in [1.29, 1.82) is 5.26 Å². The average Bonchev–Trinajstić information content (AvgIpc) is 2.67. The number of aromatic nitrogens is 1. The van der Waals surface area contributed by atoms with Gasteiger partial charge in [-0.05, 0) is 23.6 Å². The zero-order valence-electron chi connectivity index (χ0n) is 13.0. The number of benzene rings is 1. The predicted octanol–water partition coefficient (Wildman–Crippen LogP) is 3.46. The van der Waals surface area contributed by atoms with Gasteiger partial charge in [-0.2, -0.15) is 5.26 Å². The average molecular weight is 269 g/mol. The Labute approximate surface area is 121 Å². The van der Waals surface area contributed by atoms with Crippen molar-refractivity contribution in [3.8, 4) is 6.07 Å². The molecule has 0 saturated carbocycles. The van der Waals surface area contributed by atoms with Crippen LogP contribution in [0.5, 0.6) is 0 Å². The summed E-state index contributed by atoms with van der Waals surface area (Å²) in [7, 11) is 1.97. The summed E-state index contributed by atoms with van der Waals surface area (Å²) in [6.45, 7) is 10.4. The molecule has 2 aromatic rings. The van der Waals surface area contributed by atoms with E-state index in [0.29, 0.717) is 0 Å². The molecule has 1 heterocycles. The van der Waals surface area contributed by atoms with Crippen molar-refractivity contribution in [1.82, 2.24) is 9.88 Å². The number of aryl methyl sites for hydroxylation is 1. The molecule has 0 bridgehead atoms. The summed E-state index contributed by atoms with van der Waals surface area (Å²) in [6.07, 6.45) is 0. The number of rotatable bonds is 3. The van der Waals surface area contributed by atoms with Gasteiger partial charge in [0.2, 0.25) is 0 Å². The van der Waals surface area contributed by atoms with E-state index in [2.05, 4.69) is 57.3 Å². The van der Waals surface area contributed by atoms with Gasteiger partial charge in [0.25, 0.3) is 0 Å². The van der Waals surface area contributed by atoms with Crippen molar-refractivity contribution < 1.29 is 0 Å². The van der Waals surface area contributed by atoms with E-state index in [-0.39, 0.29) is 5.41 Å². The van der Waals surface area contributed by atoms with Crippen LogP contribution in [-0.2, 0) is 19.0 Å². The second-order valence-corrected chi connectivity index (χ2v) is 6.26. The van der Waals surface area contributed by atoms with Crippen molar-refractivity contribution in [2.45, 2.75) is 39.7 Å². The van der Waals surface area contributed by atoms with E-state index in [9.17, 15) is 5.26 Å². The van der Waals surface area contributed by atoms with E-state index in [4.69, 9.17) is 0 Å². The van der Waals surface area contributed by atoms with Crippen molar-refractivity contribution in [2.24, 2.45) is 7.05 Å². The highest BCUT2D eigenvalue weighted by atomic mass is 15.0. The second kappa shape index (κ2) is 5.30. The second-order valence-electron chi connectivity index (χ2n) is 6.26. The minimum Gasteiger partial charge on any atom is -0.335 e. The van der Waals surface area contributed by atoms with Gasteiger partial charge in [0, 0.05) is 30.1 Å². The molecule has 0 atom stereocenters. The summed E-state index contributed by atoms with van der Waals surface area (Å²) in [6, 6.07) is 8.89. The lowest BCUT2D eigenvalue weighted by molar-refractivity contribution is 0.591. The lowest BCUT2D eigenvalue weighted by atomic mass is 9.86. The van der Waals surface area contributed by atoms with Crippen LogP contribution < -0.4 is 5.32 Å². The molecule has 2 rings (SSSR count). The summed E-state index contributed by atoms with van der Waals surface area (Å²) < 4.78 is 2.01. The predicted molar refractivity (Wildman–Crippen MR) is 83.7 cm³/mol. The quantitative estimate of drug-likeness (QED) is 0.927. The normalized spacial score (nSPS) is 11.8. The van der Waals surface area contributed by atoms with Gasteiger partial charge in [0.1, 0.15) is 11.8 Å². The summed E-state index contributed by atoms with van der Waals surface area (Å²) in [4.78, 5) is 0. The molecule has 0 aliphatic rings. The van der Waals surface area contributed by atoms with Crippen LogP contribution in [0.4, 0.5) is 0 Å². The van der Waals surface area contributed by atoms with Crippen LogP contribution in [0.2, 0.25) is 0 Å². The molecule has 0 amide bonds. The van der Waals surface area contributed by atoms with E-state index in [1.807, 2.05) is 11.6 Å². The maximum atomic E-state index is 9.43. The third-order valence-corrected chi connectivity index (χ3v) is 3.83. The third kappa shape index (κ3) is 2.44. The van der Waals surface area contributed by atoms with Gasteiger partial charge in [-0.15, -0.1) is 0 Å². The van der Waals surface area contributed by atoms with E-state index in [1.54, 1.807) is 0 Å². The van der Waals surface area contributed by atoms with Crippen molar-refractivity contribution >= 4 is 10.9 Å². The molecule has 0 spiro atoms. The van der Waals surface area contributed by atoms with Gasteiger partial charge >= 0.3 is 0 Å². The van der Waals surface area contributed by atoms with Crippen LogP contribution in [-0.4, -0.2) is 11.1 Å². The SMILES string of the molecule is CCNCc1c(C#N)n(C)c2cc(C(C)(C)C)ccc12. The molecule has 3 nitrogen and oxygen atoms in total. The summed E-state index contributed by atoms with van der Waals surface area (Å²) in [5.41, 5.74) is 4.42. The Balaban J connectivity index is 2.67. The maximum Gasteiger partial charge on any atom is 0.125 e. The molecular weight excluding hydrogens is 246 g/mol. The topological polar surface area (TPSA) is 40.8 Å². The molecular formula is C17H23N3. The highest BCUT2D eigenvalue weighted by Gasteiger charge is 2.18. The van der Waals surface area contributed by atoms with Crippen LogP contribution >= 0.6 is 0 Å². The molecule has 1 N–H and O–H groups in total.